The van der Waals surface area contributed by atoms with Crippen LogP contribution in [0.2, 0.25) is 0 Å². The van der Waals surface area contributed by atoms with Crippen molar-refractivity contribution in [2.75, 3.05) is 0 Å². The highest BCUT2D eigenvalue weighted by Gasteiger charge is 2.06. The number of azo groups is 1. The second-order valence-electron chi connectivity index (χ2n) is 4.34. The highest BCUT2D eigenvalue weighted by Crippen LogP contribution is 2.36. The van der Waals surface area contributed by atoms with E-state index in [0.29, 0.717) is 11.4 Å². The van der Waals surface area contributed by atoms with Gasteiger partial charge in [-0.25, -0.2) is 0 Å². The van der Waals surface area contributed by atoms with E-state index in [4.69, 9.17) is 0 Å². The van der Waals surface area contributed by atoms with E-state index < -0.39 is 0 Å². The first-order chi connectivity index (χ1) is 9.75. The Morgan fingerprint density at radius 1 is 0.800 bits per heavy atom. The zero-order chi connectivity index (χ0) is 13.9. The summed E-state index contributed by atoms with van der Waals surface area (Å²) < 4.78 is 0. The van der Waals surface area contributed by atoms with Gasteiger partial charge in [0.15, 0.2) is 0 Å². The van der Waals surface area contributed by atoms with Crippen LogP contribution < -0.4 is 0 Å². The Balaban J connectivity index is 2.11. The lowest BCUT2D eigenvalue weighted by molar-refractivity contribution is 0.477. The molecule has 0 saturated carbocycles. The molecule has 3 aromatic carbocycles. The smallest absolute Gasteiger partial charge is 0.143 e. The molecule has 0 aromatic heterocycles. The first kappa shape index (κ1) is 12.7. The monoisotopic (exact) mass is 280 g/mol. The number of phenolic OH excluding ortho intramolecular Hbond substituents is 1. The number of benzene rings is 3. The van der Waals surface area contributed by atoms with Crippen LogP contribution in [0.1, 0.15) is 0 Å². The van der Waals surface area contributed by atoms with Gasteiger partial charge >= 0.3 is 0 Å². The van der Waals surface area contributed by atoms with Gasteiger partial charge in [-0.15, -0.1) is 22.9 Å². The van der Waals surface area contributed by atoms with Gasteiger partial charge in [0.25, 0.3) is 0 Å². The SMILES string of the molecule is Oc1ccc2ccccc2c1N=Nc1ccccc1S. The first-order valence-electron chi connectivity index (χ1n) is 6.16. The molecule has 0 radical (unpaired) electrons. The number of phenols is 1. The molecule has 4 heteroatoms. The van der Waals surface area contributed by atoms with Gasteiger partial charge in [0.2, 0.25) is 0 Å². The van der Waals surface area contributed by atoms with Crippen LogP contribution in [-0.2, 0) is 0 Å². The van der Waals surface area contributed by atoms with E-state index in [1.54, 1.807) is 6.07 Å². The molecule has 0 spiro atoms. The Labute approximate surface area is 122 Å². The predicted octanol–water partition coefficient (Wildman–Crippen LogP) is 5.25. The Kier molecular flexibility index (Phi) is 3.39. The minimum Gasteiger partial charge on any atom is -0.506 e. The summed E-state index contributed by atoms with van der Waals surface area (Å²) in [5.74, 6) is 0.115. The summed E-state index contributed by atoms with van der Waals surface area (Å²) in [4.78, 5) is 0.746. The van der Waals surface area contributed by atoms with Crippen LogP contribution in [0, 0.1) is 0 Å². The summed E-state index contributed by atoms with van der Waals surface area (Å²) in [6, 6.07) is 18.7. The van der Waals surface area contributed by atoms with E-state index in [-0.39, 0.29) is 5.75 Å². The zero-order valence-corrected chi connectivity index (χ0v) is 11.5. The molecule has 0 heterocycles. The Hall–Kier alpha value is -2.33. The van der Waals surface area contributed by atoms with E-state index in [0.717, 1.165) is 15.7 Å². The number of nitrogens with zero attached hydrogens (tertiary/aromatic N) is 2. The van der Waals surface area contributed by atoms with Crippen molar-refractivity contribution in [3.05, 3.63) is 60.7 Å². The molecule has 20 heavy (non-hydrogen) atoms. The molecule has 3 rings (SSSR count). The van der Waals surface area contributed by atoms with Crippen molar-refractivity contribution < 1.29 is 5.11 Å². The van der Waals surface area contributed by atoms with Gasteiger partial charge in [-0.1, -0.05) is 42.5 Å². The van der Waals surface area contributed by atoms with Crippen LogP contribution in [-0.4, -0.2) is 5.11 Å². The predicted molar refractivity (Wildman–Crippen MR) is 83.5 cm³/mol. The van der Waals surface area contributed by atoms with Crippen LogP contribution in [0.5, 0.6) is 5.75 Å². The van der Waals surface area contributed by atoms with E-state index in [9.17, 15) is 5.11 Å². The lowest BCUT2D eigenvalue weighted by atomic mass is 10.1. The highest BCUT2D eigenvalue weighted by molar-refractivity contribution is 7.80. The molecule has 0 bridgehead atoms. The summed E-state index contributed by atoms with van der Waals surface area (Å²) in [5, 5.41) is 20.2. The van der Waals surface area contributed by atoms with E-state index in [2.05, 4.69) is 22.9 Å². The zero-order valence-electron chi connectivity index (χ0n) is 10.6. The standard InChI is InChI=1S/C16H12N2OS/c19-14-10-9-11-5-1-2-6-12(11)16(14)18-17-13-7-3-4-8-15(13)20/h1-10,19-20H. The minimum atomic E-state index is 0.115. The van der Waals surface area contributed by atoms with Crippen LogP contribution in [0.3, 0.4) is 0 Å². The van der Waals surface area contributed by atoms with Crippen LogP contribution in [0.15, 0.2) is 75.8 Å². The third kappa shape index (κ3) is 2.38. The average molecular weight is 280 g/mol. The molecule has 0 unspecified atom stereocenters. The third-order valence-corrected chi connectivity index (χ3v) is 3.40. The second kappa shape index (κ2) is 5.35. The van der Waals surface area contributed by atoms with Crippen molar-refractivity contribution >= 4 is 34.8 Å². The molecule has 0 aliphatic carbocycles. The number of fused-ring (bicyclic) bond motifs is 1. The Bertz CT molecular complexity index is 799. The maximum atomic E-state index is 9.98. The normalized spacial score (nSPS) is 11.2. The summed E-state index contributed by atoms with van der Waals surface area (Å²) >= 11 is 4.33. The molecule has 0 saturated heterocycles. The van der Waals surface area contributed by atoms with E-state index in [1.807, 2.05) is 54.6 Å². The van der Waals surface area contributed by atoms with Gasteiger partial charge in [0.1, 0.15) is 11.4 Å². The summed E-state index contributed by atoms with van der Waals surface area (Å²) in [6.07, 6.45) is 0. The number of hydrogen-bond acceptors (Lipinski definition) is 4. The fourth-order valence-corrected chi connectivity index (χ4v) is 2.21. The number of hydrogen-bond donors (Lipinski definition) is 2. The van der Waals surface area contributed by atoms with Gasteiger partial charge in [0, 0.05) is 10.3 Å². The molecular weight excluding hydrogens is 268 g/mol. The van der Waals surface area contributed by atoms with Crippen LogP contribution in [0.4, 0.5) is 11.4 Å². The molecule has 1 N–H and O–H groups in total. The molecule has 0 amide bonds. The van der Waals surface area contributed by atoms with Crippen molar-refractivity contribution in [2.45, 2.75) is 4.90 Å². The van der Waals surface area contributed by atoms with Crippen molar-refractivity contribution in [1.29, 1.82) is 0 Å². The molecule has 0 fully saturated rings. The molecule has 98 valence electrons. The third-order valence-electron chi connectivity index (χ3n) is 3.02. The topological polar surface area (TPSA) is 45.0 Å². The average Bonchev–Trinajstić information content (AvgIpc) is 2.48. The maximum absolute atomic E-state index is 9.98. The molecule has 0 aliphatic heterocycles. The van der Waals surface area contributed by atoms with Crippen molar-refractivity contribution in [3.63, 3.8) is 0 Å². The number of rotatable bonds is 2. The molecule has 0 aliphatic rings. The van der Waals surface area contributed by atoms with Gasteiger partial charge in [-0.2, -0.15) is 0 Å². The summed E-state index contributed by atoms with van der Waals surface area (Å²) in [7, 11) is 0. The van der Waals surface area contributed by atoms with Gasteiger partial charge in [-0.3, -0.25) is 0 Å². The second-order valence-corrected chi connectivity index (χ2v) is 4.82. The maximum Gasteiger partial charge on any atom is 0.143 e. The van der Waals surface area contributed by atoms with E-state index >= 15 is 0 Å². The van der Waals surface area contributed by atoms with Gasteiger partial charge in [0.05, 0.1) is 5.69 Å². The van der Waals surface area contributed by atoms with E-state index in [1.165, 1.54) is 0 Å². The fraction of sp³-hybridized carbons (Fsp3) is 0. The van der Waals surface area contributed by atoms with Crippen molar-refractivity contribution in [1.82, 2.24) is 0 Å². The number of thiol groups is 1. The first-order valence-corrected chi connectivity index (χ1v) is 6.61. The molecule has 0 atom stereocenters. The quantitative estimate of drug-likeness (QED) is 0.488. The van der Waals surface area contributed by atoms with Crippen LogP contribution in [0.25, 0.3) is 10.8 Å². The van der Waals surface area contributed by atoms with Crippen LogP contribution >= 0.6 is 12.6 Å². The van der Waals surface area contributed by atoms with Gasteiger partial charge in [-0.05, 0) is 23.6 Å². The number of aromatic hydroxyl groups is 1. The summed E-state index contributed by atoms with van der Waals surface area (Å²) in [5.41, 5.74) is 1.14. The molecule has 3 aromatic rings. The Morgan fingerprint density at radius 2 is 1.55 bits per heavy atom. The largest absolute Gasteiger partial charge is 0.506 e. The lowest BCUT2D eigenvalue weighted by Crippen LogP contribution is -1.75. The molecule has 3 nitrogen and oxygen atoms in total. The minimum absolute atomic E-state index is 0.115. The van der Waals surface area contributed by atoms with Crippen molar-refractivity contribution in [2.24, 2.45) is 10.2 Å². The van der Waals surface area contributed by atoms with Gasteiger partial charge < -0.3 is 5.11 Å². The van der Waals surface area contributed by atoms with Crippen molar-refractivity contribution in [3.8, 4) is 5.75 Å². The fourth-order valence-electron chi connectivity index (χ4n) is 2.00. The lowest BCUT2D eigenvalue weighted by Gasteiger charge is -2.03. The highest BCUT2D eigenvalue weighted by atomic mass is 32.1. The summed E-state index contributed by atoms with van der Waals surface area (Å²) in [6.45, 7) is 0. The molecular formula is C16H12N2OS. The Morgan fingerprint density at radius 3 is 2.40 bits per heavy atom.